The van der Waals surface area contributed by atoms with E-state index in [1.807, 2.05) is 12.4 Å². The van der Waals surface area contributed by atoms with Crippen molar-refractivity contribution in [1.29, 1.82) is 0 Å². The van der Waals surface area contributed by atoms with Crippen LogP contribution in [0.2, 0.25) is 0 Å². The lowest BCUT2D eigenvalue weighted by Crippen LogP contribution is -2.47. The van der Waals surface area contributed by atoms with Gasteiger partial charge in [0.05, 0.1) is 11.8 Å². The largest absolute Gasteiger partial charge is 0.382 e. The quantitative estimate of drug-likeness (QED) is 0.487. The highest BCUT2D eigenvalue weighted by Gasteiger charge is 2.19. The lowest BCUT2D eigenvalue weighted by Gasteiger charge is -2.26. The molecule has 2 aliphatic rings. The van der Waals surface area contributed by atoms with Crippen LogP contribution in [0.4, 0.5) is 0 Å². The molecule has 10 heavy (non-hydrogen) atoms. The Balaban J connectivity index is 2.14. The first-order valence-corrected chi connectivity index (χ1v) is 3.65. The number of hydrogen-bond donors (Lipinski definition) is 2. The molecule has 0 spiro atoms. The fourth-order valence-electron chi connectivity index (χ4n) is 1.36. The van der Waals surface area contributed by atoms with Gasteiger partial charge in [-0.15, -0.1) is 0 Å². The first-order valence-electron chi connectivity index (χ1n) is 3.65. The fraction of sp³-hybridized carbons (Fsp3) is 0.571. The Morgan fingerprint density at radius 3 is 3.50 bits per heavy atom. The van der Waals surface area contributed by atoms with Crippen LogP contribution in [0.25, 0.3) is 0 Å². The van der Waals surface area contributed by atoms with E-state index in [1.54, 1.807) is 0 Å². The highest BCUT2D eigenvalue weighted by Crippen LogP contribution is 2.03. The van der Waals surface area contributed by atoms with Crippen LogP contribution in [0.1, 0.15) is 6.42 Å². The van der Waals surface area contributed by atoms with Gasteiger partial charge >= 0.3 is 0 Å². The summed E-state index contributed by atoms with van der Waals surface area (Å²) in [7, 11) is 0. The third-order valence-electron chi connectivity index (χ3n) is 1.93. The number of fused-ring (bicyclic) bond motifs is 1. The van der Waals surface area contributed by atoms with Gasteiger partial charge in [-0.1, -0.05) is 0 Å². The molecule has 1 atom stereocenters. The van der Waals surface area contributed by atoms with Crippen molar-refractivity contribution in [3.63, 3.8) is 0 Å². The number of rotatable bonds is 0. The molecule has 2 N–H and O–H groups in total. The molecule has 0 aromatic heterocycles. The van der Waals surface area contributed by atoms with Gasteiger partial charge in [0.2, 0.25) is 0 Å². The van der Waals surface area contributed by atoms with Gasteiger partial charge in [-0.05, 0) is 13.0 Å². The predicted molar refractivity (Wildman–Crippen MR) is 41.0 cm³/mol. The van der Waals surface area contributed by atoms with Crippen molar-refractivity contribution < 1.29 is 0 Å². The molecule has 0 saturated carbocycles. The molecular weight excluding hydrogens is 126 g/mol. The van der Waals surface area contributed by atoms with E-state index >= 15 is 0 Å². The minimum absolute atomic E-state index is 0.506. The summed E-state index contributed by atoms with van der Waals surface area (Å²) in [5.74, 6) is 0. The van der Waals surface area contributed by atoms with Gasteiger partial charge in [0, 0.05) is 18.9 Å². The third kappa shape index (κ3) is 0.926. The molecule has 3 nitrogen and oxygen atoms in total. The van der Waals surface area contributed by atoms with E-state index in [1.165, 1.54) is 5.71 Å². The minimum atomic E-state index is 0.506. The Bertz CT molecular complexity index is 183. The molecule has 54 valence electrons. The van der Waals surface area contributed by atoms with Crippen molar-refractivity contribution in [2.24, 2.45) is 4.99 Å². The van der Waals surface area contributed by atoms with Crippen molar-refractivity contribution in [3.8, 4) is 0 Å². The molecule has 0 bridgehead atoms. The van der Waals surface area contributed by atoms with Crippen LogP contribution in [0.3, 0.4) is 0 Å². The van der Waals surface area contributed by atoms with E-state index < -0.39 is 0 Å². The second-order valence-corrected chi connectivity index (χ2v) is 2.62. The third-order valence-corrected chi connectivity index (χ3v) is 1.93. The van der Waals surface area contributed by atoms with E-state index in [2.05, 4.69) is 15.6 Å². The average molecular weight is 137 g/mol. The second kappa shape index (κ2) is 2.42. The van der Waals surface area contributed by atoms with Crippen LogP contribution in [0.15, 0.2) is 17.4 Å². The Morgan fingerprint density at radius 2 is 2.60 bits per heavy atom. The summed E-state index contributed by atoms with van der Waals surface area (Å²) in [6.07, 6.45) is 4.89. The molecular formula is C7H11N3. The molecule has 1 fully saturated rings. The number of nitrogens with one attached hydrogen (secondary N) is 2. The maximum absolute atomic E-state index is 4.26. The smallest absolute Gasteiger partial charge is 0.0666 e. The van der Waals surface area contributed by atoms with Gasteiger partial charge in [0.25, 0.3) is 0 Å². The average Bonchev–Trinajstić information content (AvgIpc) is 2.05. The SMILES string of the molecule is C1=CNC2CCNCC2=N1. The summed E-state index contributed by atoms with van der Waals surface area (Å²) in [6, 6.07) is 0.506. The van der Waals surface area contributed by atoms with Crippen molar-refractivity contribution in [3.05, 3.63) is 12.4 Å². The van der Waals surface area contributed by atoms with Crippen molar-refractivity contribution >= 4 is 5.71 Å². The zero-order chi connectivity index (χ0) is 6.81. The summed E-state index contributed by atoms with van der Waals surface area (Å²) in [5, 5.41) is 6.55. The molecule has 0 amide bonds. The van der Waals surface area contributed by atoms with E-state index in [-0.39, 0.29) is 0 Å². The molecule has 0 aromatic carbocycles. The Labute approximate surface area is 60.2 Å². The van der Waals surface area contributed by atoms with E-state index in [0.29, 0.717) is 6.04 Å². The molecule has 2 heterocycles. The van der Waals surface area contributed by atoms with Crippen LogP contribution < -0.4 is 10.6 Å². The first-order chi connectivity index (χ1) is 4.97. The second-order valence-electron chi connectivity index (χ2n) is 2.62. The minimum Gasteiger partial charge on any atom is -0.382 e. The molecule has 0 aliphatic carbocycles. The topological polar surface area (TPSA) is 36.4 Å². The zero-order valence-corrected chi connectivity index (χ0v) is 5.80. The summed E-state index contributed by atoms with van der Waals surface area (Å²) >= 11 is 0. The monoisotopic (exact) mass is 137 g/mol. The number of nitrogens with zero attached hydrogens (tertiary/aromatic N) is 1. The molecule has 0 aromatic rings. The van der Waals surface area contributed by atoms with E-state index in [0.717, 1.165) is 19.5 Å². The van der Waals surface area contributed by atoms with Crippen molar-refractivity contribution in [2.45, 2.75) is 12.5 Å². The van der Waals surface area contributed by atoms with Gasteiger partial charge in [0.15, 0.2) is 0 Å². The maximum Gasteiger partial charge on any atom is 0.0666 e. The molecule has 1 unspecified atom stereocenters. The van der Waals surface area contributed by atoms with Crippen LogP contribution in [0, 0.1) is 0 Å². The highest BCUT2D eigenvalue weighted by molar-refractivity contribution is 5.93. The maximum atomic E-state index is 4.26. The Hall–Kier alpha value is -0.830. The molecule has 2 rings (SSSR count). The normalized spacial score (nSPS) is 30.4. The standard InChI is InChI=1S/C7H11N3/c1-2-8-5-7-6(1)9-3-4-10-7/h3-4,6,8-9H,1-2,5H2. The lowest BCUT2D eigenvalue weighted by atomic mass is 10.0. The highest BCUT2D eigenvalue weighted by atomic mass is 15.0. The van der Waals surface area contributed by atoms with Crippen molar-refractivity contribution in [1.82, 2.24) is 10.6 Å². The van der Waals surface area contributed by atoms with Crippen LogP contribution in [0.5, 0.6) is 0 Å². The number of aliphatic imine (C=N–C) groups is 1. The number of piperidine rings is 1. The zero-order valence-electron chi connectivity index (χ0n) is 5.80. The van der Waals surface area contributed by atoms with Gasteiger partial charge in [0.1, 0.15) is 0 Å². The van der Waals surface area contributed by atoms with Gasteiger partial charge < -0.3 is 10.6 Å². The van der Waals surface area contributed by atoms with Gasteiger partial charge in [-0.2, -0.15) is 0 Å². The molecule has 2 aliphatic heterocycles. The Morgan fingerprint density at radius 1 is 1.60 bits per heavy atom. The molecule has 0 radical (unpaired) electrons. The van der Waals surface area contributed by atoms with Crippen LogP contribution in [-0.4, -0.2) is 24.8 Å². The number of hydrogen-bond acceptors (Lipinski definition) is 3. The van der Waals surface area contributed by atoms with E-state index in [9.17, 15) is 0 Å². The van der Waals surface area contributed by atoms with Gasteiger partial charge in [-0.3, -0.25) is 4.99 Å². The van der Waals surface area contributed by atoms with Crippen LogP contribution in [-0.2, 0) is 0 Å². The summed E-state index contributed by atoms with van der Waals surface area (Å²) in [5.41, 5.74) is 1.24. The first kappa shape index (κ1) is 5.92. The predicted octanol–water partition coefficient (Wildman–Crippen LogP) is -0.136. The summed E-state index contributed by atoms with van der Waals surface area (Å²) in [6.45, 7) is 2.05. The fourth-order valence-corrected chi connectivity index (χ4v) is 1.36. The van der Waals surface area contributed by atoms with Crippen molar-refractivity contribution in [2.75, 3.05) is 13.1 Å². The molecule has 1 saturated heterocycles. The van der Waals surface area contributed by atoms with Crippen LogP contribution >= 0.6 is 0 Å². The molecule has 3 heteroatoms. The van der Waals surface area contributed by atoms with Gasteiger partial charge in [-0.25, -0.2) is 0 Å². The lowest BCUT2D eigenvalue weighted by molar-refractivity contribution is 0.568. The Kier molecular flexibility index (Phi) is 1.43. The van der Waals surface area contributed by atoms with E-state index in [4.69, 9.17) is 0 Å². The summed E-state index contributed by atoms with van der Waals surface area (Å²) in [4.78, 5) is 4.26. The summed E-state index contributed by atoms with van der Waals surface area (Å²) < 4.78 is 0.